The molecule has 0 atom stereocenters. The Morgan fingerprint density at radius 2 is 2.19 bits per heavy atom. The highest BCUT2D eigenvalue weighted by molar-refractivity contribution is 7.15. The minimum absolute atomic E-state index is 0.0645. The van der Waals surface area contributed by atoms with Gasteiger partial charge in [0.1, 0.15) is 11.6 Å². The van der Waals surface area contributed by atoms with Gasteiger partial charge in [0.2, 0.25) is 0 Å². The van der Waals surface area contributed by atoms with E-state index in [-0.39, 0.29) is 5.57 Å². The third-order valence-corrected chi connectivity index (χ3v) is 4.07. The van der Waals surface area contributed by atoms with Crippen LogP contribution in [0, 0.1) is 11.3 Å². The van der Waals surface area contributed by atoms with E-state index in [9.17, 15) is 4.79 Å². The van der Waals surface area contributed by atoms with Gasteiger partial charge in [0, 0.05) is 18.0 Å². The van der Waals surface area contributed by atoms with Gasteiger partial charge in [0.05, 0.1) is 5.69 Å². The van der Waals surface area contributed by atoms with Crippen LogP contribution in [-0.4, -0.2) is 10.9 Å². The maximum absolute atomic E-state index is 12.1. The smallest absolute Gasteiger partial charge is 0.268 e. The molecule has 1 aliphatic rings. The Kier molecular flexibility index (Phi) is 3.77. The van der Waals surface area contributed by atoms with Gasteiger partial charge in [0.25, 0.3) is 5.91 Å². The third-order valence-electron chi connectivity index (χ3n) is 3.05. The average molecular weight is 296 g/mol. The van der Waals surface area contributed by atoms with Gasteiger partial charge in [0.15, 0.2) is 5.13 Å². The first kappa shape index (κ1) is 13.5. The number of nitriles is 1. The van der Waals surface area contributed by atoms with Crippen molar-refractivity contribution in [2.45, 2.75) is 13.1 Å². The Bertz CT molecular complexity index is 721. The summed E-state index contributed by atoms with van der Waals surface area (Å²) in [6.45, 7) is 1.51. The normalized spacial score (nSPS) is 13.6. The molecule has 3 rings (SSSR count). The fraction of sp³-hybridized carbons (Fsp3) is 0.133. The van der Waals surface area contributed by atoms with E-state index in [4.69, 9.17) is 5.26 Å². The summed E-state index contributed by atoms with van der Waals surface area (Å²) < 4.78 is 0. The second-order valence-corrected chi connectivity index (χ2v) is 5.61. The number of anilines is 1. The number of nitrogens with one attached hydrogen (secondary N) is 2. The van der Waals surface area contributed by atoms with E-state index in [0.717, 1.165) is 29.2 Å². The van der Waals surface area contributed by atoms with Crippen LogP contribution >= 0.6 is 11.3 Å². The summed E-state index contributed by atoms with van der Waals surface area (Å²) >= 11 is 1.44. The summed E-state index contributed by atoms with van der Waals surface area (Å²) in [6, 6.07) is 11.2. The van der Waals surface area contributed by atoms with E-state index in [2.05, 4.69) is 15.6 Å². The van der Waals surface area contributed by atoms with Crippen LogP contribution in [0.3, 0.4) is 0 Å². The zero-order valence-electron chi connectivity index (χ0n) is 11.1. The molecule has 104 valence electrons. The number of hydrogen-bond donors (Lipinski definition) is 2. The maximum atomic E-state index is 12.1. The number of aromatic nitrogens is 1. The van der Waals surface area contributed by atoms with Crippen LogP contribution in [0.15, 0.2) is 35.9 Å². The monoisotopic (exact) mass is 296 g/mol. The second-order valence-electron chi connectivity index (χ2n) is 4.53. The Morgan fingerprint density at radius 3 is 2.90 bits per heavy atom. The molecular formula is C15H12N4OS. The second kappa shape index (κ2) is 5.87. The number of fused-ring (bicyclic) bond motifs is 1. The number of carbonyl (C=O) groups excluding carboxylic acids is 1. The van der Waals surface area contributed by atoms with Gasteiger partial charge in [-0.1, -0.05) is 30.3 Å². The molecule has 6 heteroatoms. The fourth-order valence-electron chi connectivity index (χ4n) is 2.04. The van der Waals surface area contributed by atoms with Gasteiger partial charge in [-0.15, -0.1) is 11.3 Å². The van der Waals surface area contributed by atoms with E-state index in [1.165, 1.54) is 11.3 Å². The molecule has 0 saturated carbocycles. The van der Waals surface area contributed by atoms with Crippen LogP contribution in [-0.2, 0) is 17.9 Å². The van der Waals surface area contributed by atoms with Crippen LogP contribution in [0.5, 0.6) is 0 Å². The van der Waals surface area contributed by atoms with E-state index in [0.29, 0.717) is 5.13 Å². The van der Waals surface area contributed by atoms with Crippen molar-refractivity contribution in [3.05, 3.63) is 52.0 Å². The lowest BCUT2D eigenvalue weighted by Crippen LogP contribution is -2.13. The Labute approximate surface area is 125 Å². The Hall–Kier alpha value is -2.49. The van der Waals surface area contributed by atoms with Gasteiger partial charge in [-0.3, -0.25) is 10.1 Å². The van der Waals surface area contributed by atoms with Gasteiger partial charge >= 0.3 is 0 Å². The number of nitrogens with zero attached hydrogens (tertiary/aromatic N) is 2. The molecule has 2 heterocycles. The van der Waals surface area contributed by atoms with Gasteiger partial charge < -0.3 is 5.32 Å². The molecule has 0 aliphatic carbocycles. The highest BCUT2D eigenvalue weighted by Gasteiger charge is 2.18. The van der Waals surface area contributed by atoms with Crippen molar-refractivity contribution in [2.24, 2.45) is 0 Å². The van der Waals surface area contributed by atoms with Gasteiger partial charge in [-0.05, 0) is 11.6 Å². The largest absolute Gasteiger partial charge is 0.306 e. The lowest BCUT2D eigenvalue weighted by atomic mass is 10.1. The van der Waals surface area contributed by atoms with Crippen LogP contribution in [0.25, 0.3) is 6.08 Å². The fourth-order valence-corrected chi connectivity index (χ4v) is 2.98. The predicted octanol–water partition coefficient (Wildman–Crippen LogP) is 2.29. The molecule has 1 aromatic heterocycles. The molecule has 0 fully saturated rings. The van der Waals surface area contributed by atoms with Crippen molar-refractivity contribution in [1.29, 1.82) is 5.26 Å². The molecule has 5 nitrogen and oxygen atoms in total. The van der Waals surface area contributed by atoms with Crippen molar-refractivity contribution in [3.8, 4) is 6.07 Å². The molecule has 1 aromatic carbocycles. The summed E-state index contributed by atoms with van der Waals surface area (Å²) in [4.78, 5) is 17.6. The molecule has 0 bridgehead atoms. The molecule has 0 radical (unpaired) electrons. The lowest BCUT2D eigenvalue weighted by molar-refractivity contribution is -0.112. The average Bonchev–Trinajstić information content (AvgIpc) is 3.06. The summed E-state index contributed by atoms with van der Waals surface area (Å²) in [5.74, 6) is -0.429. The predicted molar refractivity (Wildman–Crippen MR) is 81.3 cm³/mol. The van der Waals surface area contributed by atoms with Crippen LogP contribution in [0.1, 0.15) is 16.1 Å². The molecule has 21 heavy (non-hydrogen) atoms. The standard InChI is InChI=1S/C15H12N4OS/c16-7-11(6-10-4-2-1-3-5-10)14(20)19-15-18-12-8-17-9-13(12)21-15/h1-6,17H,8-9H2,(H,18,19,20)/b11-6-. The van der Waals surface area contributed by atoms with Crippen molar-refractivity contribution in [3.63, 3.8) is 0 Å². The third kappa shape index (κ3) is 2.99. The van der Waals surface area contributed by atoms with Gasteiger partial charge in [-0.2, -0.15) is 5.26 Å². The van der Waals surface area contributed by atoms with Crippen molar-refractivity contribution in [1.82, 2.24) is 10.3 Å². The quantitative estimate of drug-likeness (QED) is 0.673. The number of benzene rings is 1. The summed E-state index contributed by atoms with van der Waals surface area (Å²) in [5, 5.41) is 15.6. The van der Waals surface area contributed by atoms with E-state index in [1.807, 2.05) is 36.4 Å². The summed E-state index contributed by atoms with van der Waals surface area (Å²) in [6.07, 6.45) is 1.57. The van der Waals surface area contributed by atoms with E-state index >= 15 is 0 Å². The number of hydrogen-bond acceptors (Lipinski definition) is 5. The van der Waals surface area contributed by atoms with Crippen molar-refractivity contribution >= 4 is 28.5 Å². The molecule has 2 N–H and O–H groups in total. The number of thiazole rings is 1. The number of carbonyl (C=O) groups is 1. The summed E-state index contributed by atoms with van der Waals surface area (Å²) in [5.41, 5.74) is 1.85. The first-order valence-corrected chi connectivity index (χ1v) is 7.25. The van der Waals surface area contributed by atoms with Crippen molar-refractivity contribution in [2.75, 3.05) is 5.32 Å². The van der Waals surface area contributed by atoms with E-state index in [1.54, 1.807) is 6.08 Å². The minimum atomic E-state index is -0.429. The molecule has 1 aliphatic heterocycles. The molecule has 0 unspecified atom stereocenters. The first-order valence-electron chi connectivity index (χ1n) is 6.44. The molecule has 1 amide bonds. The van der Waals surface area contributed by atoms with Crippen LogP contribution in [0.4, 0.5) is 5.13 Å². The molecule has 0 saturated heterocycles. The summed E-state index contributed by atoms with van der Waals surface area (Å²) in [7, 11) is 0. The van der Waals surface area contributed by atoms with Crippen LogP contribution in [0.2, 0.25) is 0 Å². The highest BCUT2D eigenvalue weighted by atomic mass is 32.1. The van der Waals surface area contributed by atoms with Crippen LogP contribution < -0.4 is 10.6 Å². The Balaban J connectivity index is 1.76. The lowest BCUT2D eigenvalue weighted by Gasteiger charge is -2.00. The SMILES string of the molecule is N#C/C(=C/c1ccccc1)C(=O)Nc1nc2c(s1)CNC2. The zero-order valence-corrected chi connectivity index (χ0v) is 11.9. The maximum Gasteiger partial charge on any atom is 0.268 e. The molecule has 0 spiro atoms. The Morgan fingerprint density at radius 1 is 1.38 bits per heavy atom. The van der Waals surface area contributed by atoms with Gasteiger partial charge in [-0.25, -0.2) is 4.98 Å². The van der Waals surface area contributed by atoms with Crippen molar-refractivity contribution < 1.29 is 4.79 Å². The highest BCUT2D eigenvalue weighted by Crippen LogP contribution is 2.26. The molecule has 2 aromatic rings. The number of rotatable bonds is 3. The zero-order chi connectivity index (χ0) is 14.7. The minimum Gasteiger partial charge on any atom is -0.306 e. The molecular weight excluding hydrogens is 284 g/mol. The number of amides is 1. The first-order chi connectivity index (χ1) is 10.3. The van der Waals surface area contributed by atoms with E-state index < -0.39 is 5.91 Å². The topological polar surface area (TPSA) is 77.8 Å².